The third kappa shape index (κ3) is 1.69. The van der Waals surface area contributed by atoms with Crippen LogP contribution in [0.25, 0.3) is 0 Å². The molecule has 0 spiro atoms. The molecule has 0 saturated carbocycles. The SMILES string of the molecule is O=C1c2ccccc2C(=O)[NH+]1[O-].[KH]. The summed E-state index contributed by atoms with van der Waals surface area (Å²) in [7, 11) is 0. The van der Waals surface area contributed by atoms with Crippen molar-refractivity contribution < 1.29 is 14.7 Å². The molecule has 0 aliphatic carbocycles. The summed E-state index contributed by atoms with van der Waals surface area (Å²) >= 11 is 0. The number of imide groups is 1. The molecule has 1 N–H and O–H groups in total. The van der Waals surface area contributed by atoms with E-state index in [1.165, 1.54) is 12.1 Å². The molecular formula is C8H6KNO3. The summed E-state index contributed by atoms with van der Waals surface area (Å²) < 4.78 is 0. The van der Waals surface area contributed by atoms with E-state index in [4.69, 9.17) is 0 Å². The van der Waals surface area contributed by atoms with E-state index in [1.807, 2.05) is 0 Å². The summed E-state index contributed by atoms with van der Waals surface area (Å²) in [5, 5.41) is 9.94. The third-order valence-electron chi connectivity index (χ3n) is 1.83. The van der Waals surface area contributed by atoms with Crippen molar-refractivity contribution in [2.75, 3.05) is 0 Å². The summed E-state index contributed by atoms with van der Waals surface area (Å²) in [6.07, 6.45) is 0. The molecule has 1 aromatic carbocycles. The van der Waals surface area contributed by atoms with Crippen LogP contribution < -0.4 is 5.06 Å². The number of rotatable bonds is 0. The Labute approximate surface area is 117 Å². The molecule has 0 unspecified atom stereocenters. The van der Waals surface area contributed by atoms with Crippen LogP contribution in [0.3, 0.4) is 0 Å². The summed E-state index contributed by atoms with van der Waals surface area (Å²) in [6, 6.07) is 6.23. The Morgan fingerprint density at radius 1 is 1.00 bits per heavy atom. The number of hydroxylamine groups is 2. The molecule has 2 rings (SSSR count). The average Bonchev–Trinajstić information content (AvgIpc) is 2.33. The van der Waals surface area contributed by atoms with Gasteiger partial charge in [0.1, 0.15) is 0 Å². The summed E-state index contributed by atoms with van der Waals surface area (Å²) in [5.74, 6) is -1.37. The van der Waals surface area contributed by atoms with E-state index in [1.54, 1.807) is 12.1 Å². The van der Waals surface area contributed by atoms with Crippen molar-refractivity contribution in [2.45, 2.75) is 0 Å². The van der Waals surface area contributed by atoms with Crippen molar-refractivity contribution in [1.82, 2.24) is 0 Å². The molecule has 0 aromatic heterocycles. The van der Waals surface area contributed by atoms with Gasteiger partial charge in [0.05, 0.1) is 11.1 Å². The second-order valence-electron chi connectivity index (χ2n) is 2.53. The number of amides is 2. The van der Waals surface area contributed by atoms with Gasteiger partial charge < -0.3 is 5.21 Å². The molecule has 62 valence electrons. The first-order valence-corrected chi connectivity index (χ1v) is 3.44. The van der Waals surface area contributed by atoms with Gasteiger partial charge >= 0.3 is 63.2 Å². The minimum absolute atomic E-state index is 0. The van der Waals surface area contributed by atoms with Crippen molar-refractivity contribution in [3.63, 3.8) is 0 Å². The zero-order valence-corrected chi connectivity index (χ0v) is 6.03. The molecule has 2 amide bonds. The molecule has 5 heteroatoms. The summed E-state index contributed by atoms with van der Waals surface area (Å²) in [5.41, 5.74) is 0.458. The average molecular weight is 203 g/mol. The first kappa shape index (κ1) is 11.2. The molecule has 0 saturated heterocycles. The van der Waals surface area contributed by atoms with Crippen molar-refractivity contribution >= 4 is 63.2 Å². The fraction of sp³-hybridized carbons (Fsp3) is 0. The van der Waals surface area contributed by atoms with Crippen molar-refractivity contribution in [1.29, 1.82) is 0 Å². The summed E-state index contributed by atoms with van der Waals surface area (Å²) in [4.78, 5) is 22.1. The number of benzene rings is 1. The molecule has 0 bridgehead atoms. The van der Waals surface area contributed by atoms with Gasteiger partial charge in [0.25, 0.3) is 0 Å². The Morgan fingerprint density at radius 2 is 1.38 bits per heavy atom. The van der Waals surface area contributed by atoms with E-state index in [0.717, 1.165) is 0 Å². The van der Waals surface area contributed by atoms with E-state index < -0.39 is 16.9 Å². The van der Waals surface area contributed by atoms with Crippen LogP contribution in [0.5, 0.6) is 0 Å². The van der Waals surface area contributed by atoms with Crippen molar-refractivity contribution in [2.24, 2.45) is 0 Å². The van der Waals surface area contributed by atoms with Crippen LogP contribution >= 0.6 is 0 Å². The van der Waals surface area contributed by atoms with Gasteiger partial charge in [-0.1, -0.05) is 12.1 Å². The van der Waals surface area contributed by atoms with Crippen LogP contribution in [0, 0.1) is 5.21 Å². The molecular weight excluding hydrogens is 197 g/mol. The minimum atomic E-state index is -0.920. The van der Waals surface area contributed by atoms with Gasteiger partial charge in [-0.15, -0.1) is 0 Å². The first-order valence-electron chi connectivity index (χ1n) is 3.44. The Bertz CT molecular complexity index is 342. The second kappa shape index (κ2) is 4.10. The van der Waals surface area contributed by atoms with Gasteiger partial charge in [0.15, 0.2) is 0 Å². The summed E-state index contributed by atoms with van der Waals surface area (Å²) in [6.45, 7) is 0. The Hall–Kier alpha value is 0.116. The standard InChI is InChI=1S/C8H5NO3.K.H/c10-7-5-3-1-2-4-6(5)8(11)9(7)12;;/h1-4,9H;;. The Kier molecular flexibility index (Phi) is 3.53. The van der Waals surface area contributed by atoms with Gasteiger partial charge in [-0.05, 0) is 12.1 Å². The van der Waals surface area contributed by atoms with Crippen LogP contribution in [-0.4, -0.2) is 63.2 Å². The molecule has 13 heavy (non-hydrogen) atoms. The fourth-order valence-corrected chi connectivity index (χ4v) is 1.23. The van der Waals surface area contributed by atoms with Crippen LogP contribution in [0.1, 0.15) is 20.7 Å². The maximum atomic E-state index is 11.0. The van der Waals surface area contributed by atoms with Crippen LogP contribution in [-0.2, 0) is 0 Å². The third-order valence-corrected chi connectivity index (χ3v) is 1.83. The molecule has 0 atom stereocenters. The molecule has 4 nitrogen and oxygen atoms in total. The molecule has 0 radical (unpaired) electrons. The number of carbonyl (C=O) groups is 2. The van der Waals surface area contributed by atoms with E-state index in [-0.39, 0.29) is 62.5 Å². The number of carbonyl (C=O) groups excluding carboxylic acids is 2. The Balaban J connectivity index is 0.000000845. The van der Waals surface area contributed by atoms with Gasteiger partial charge in [0.2, 0.25) is 0 Å². The zero-order chi connectivity index (χ0) is 8.72. The van der Waals surface area contributed by atoms with E-state index in [2.05, 4.69) is 0 Å². The topological polar surface area (TPSA) is 61.6 Å². The predicted molar refractivity (Wildman–Crippen MR) is 46.6 cm³/mol. The normalized spacial score (nSPS) is 15.5. The number of hydrogen-bond donors (Lipinski definition) is 1. The number of nitrogens with one attached hydrogen (secondary N) is 1. The number of quaternary nitrogens is 1. The van der Waals surface area contributed by atoms with Crippen molar-refractivity contribution in [3.05, 3.63) is 40.6 Å². The van der Waals surface area contributed by atoms with E-state index >= 15 is 0 Å². The van der Waals surface area contributed by atoms with Gasteiger partial charge in [-0.25, -0.2) is 14.7 Å². The second-order valence-corrected chi connectivity index (χ2v) is 2.53. The van der Waals surface area contributed by atoms with E-state index in [9.17, 15) is 14.8 Å². The zero-order valence-electron chi connectivity index (χ0n) is 6.03. The Morgan fingerprint density at radius 3 is 1.77 bits per heavy atom. The van der Waals surface area contributed by atoms with Crippen LogP contribution in [0.2, 0.25) is 0 Å². The monoisotopic (exact) mass is 203 g/mol. The molecule has 0 fully saturated rings. The fourth-order valence-electron chi connectivity index (χ4n) is 1.23. The molecule has 1 aliphatic rings. The molecule has 1 heterocycles. The van der Waals surface area contributed by atoms with Gasteiger partial charge in [0, 0.05) is 0 Å². The number of hydrogen-bond acceptors (Lipinski definition) is 3. The van der Waals surface area contributed by atoms with Gasteiger partial charge in [-0.3, -0.25) is 0 Å². The molecule has 1 aliphatic heterocycles. The first-order chi connectivity index (χ1) is 5.72. The maximum absolute atomic E-state index is 11.0. The number of fused-ring (bicyclic) bond motifs is 1. The predicted octanol–water partition coefficient (Wildman–Crippen LogP) is -1.29. The molecule has 1 aromatic rings. The van der Waals surface area contributed by atoms with Crippen LogP contribution in [0.4, 0.5) is 0 Å². The van der Waals surface area contributed by atoms with Crippen molar-refractivity contribution in [3.8, 4) is 0 Å². The van der Waals surface area contributed by atoms with Crippen LogP contribution in [0.15, 0.2) is 24.3 Å². The van der Waals surface area contributed by atoms with E-state index in [0.29, 0.717) is 0 Å². The van der Waals surface area contributed by atoms with Gasteiger partial charge in [-0.2, -0.15) is 0 Å². The quantitative estimate of drug-likeness (QED) is 0.324.